The van der Waals surface area contributed by atoms with Crippen molar-refractivity contribution in [2.24, 2.45) is 11.5 Å². The molecule has 0 bridgehead atoms. The van der Waals surface area contributed by atoms with E-state index in [-0.39, 0.29) is 12.2 Å². The Hall–Kier alpha value is -4.24. The maximum absolute atomic E-state index is 13.0. The van der Waals surface area contributed by atoms with Gasteiger partial charge in [-0.25, -0.2) is 4.79 Å². The Bertz CT molecular complexity index is 982. The Kier molecular flexibility index (Phi) is 11.3. The summed E-state index contributed by atoms with van der Waals surface area (Å²) in [5.74, 6) is -7.24. The van der Waals surface area contributed by atoms with Crippen molar-refractivity contribution < 1.29 is 49.2 Å². The molecule has 1 rings (SSSR count). The summed E-state index contributed by atoms with van der Waals surface area (Å²) in [5.41, 5.74) is 11.1. The molecule has 36 heavy (non-hydrogen) atoms. The summed E-state index contributed by atoms with van der Waals surface area (Å²) < 4.78 is 0. The number of primary amides is 1. The van der Waals surface area contributed by atoms with Crippen LogP contribution in [0.15, 0.2) is 24.3 Å². The number of benzene rings is 1. The van der Waals surface area contributed by atoms with Gasteiger partial charge in [-0.15, -0.1) is 0 Å². The van der Waals surface area contributed by atoms with Gasteiger partial charge in [0.05, 0.1) is 25.0 Å². The van der Waals surface area contributed by atoms with Crippen LogP contribution >= 0.6 is 0 Å². The minimum absolute atomic E-state index is 0.0726. The zero-order valence-corrected chi connectivity index (χ0v) is 19.2. The number of aromatic hydroxyl groups is 1. The van der Waals surface area contributed by atoms with Crippen LogP contribution in [0, 0.1) is 0 Å². The number of hydrogen-bond acceptors (Lipinski definition) is 9. The lowest BCUT2D eigenvalue weighted by Crippen LogP contribution is -2.59. The van der Waals surface area contributed by atoms with Crippen LogP contribution in [-0.4, -0.2) is 86.3 Å². The summed E-state index contributed by atoms with van der Waals surface area (Å²) in [7, 11) is 0. The van der Waals surface area contributed by atoms with E-state index in [9.17, 15) is 39.0 Å². The van der Waals surface area contributed by atoms with E-state index in [2.05, 4.69) is 10.6 Å². The number of aliphatic hydroxyl groups excluding tert-OH is 1. The fourth-order valence-corrected chi connectivity index (χ4v) is 2.96. The van der Waals surface area contributed by atoms with Crippen molar-refractivity contribution in [3.63, 3.8) is 0 Å². The van der Waals surface area contributed by atoms with Gasteiger partial charge in [0.1, 0.15) is 17.8 Å². The van der Waals surface area contributed by atoms with Gasteiger partial charge >= 0.3 is 11.9 Å². The molecule has 0 heterocycles. The van der Waals surface area contributed by atoms with E-state index in [1.807, 2.05) is 5.32 Å². The summed E-state index contributed by atoms with van der Waals surface area (Å²) in [6.07, 6.45) is -3.22. The molecule has 0 fully saturated rings. The van der Waals surface area contributed by atoms with Gasteiger partial charge in [-0.05, 0) is 24.6 Å². The smallest absolute Gasteiger partial charge is 0.328 e. The van der Waals surface area contributed by atoms with Gasteiger partial charge in [0, 0.05) is 6.42 Å². The molecular weight excluding hydrogens is 482 g/mol. The minimum atomic E-state index is -1.79. The Balaban J connectivity index is 3.16. The summed E-state index contributed by atoms with van der Waals surface area (Å²) in [4.78, 5) is 71.5. The lowest BCUT2D eigenvalue weighted by atomic mass is 10.0. The zero-order chi connectivity index (χ0) is 27.6. The van der Waals surface area contributed by atoms with E-state index >= 15 is 0 Å². The Morgan fingerprint density at radius 3 is 1.86 bits per heavy atom. The fourth-order valence-electron chi connectivity index (χ4n) is 2.96. The molecule has 0 aromatic heterocycles. The number of carboxylic acid groups (broad SMARTS) is 2. The van der Waals surface area contributed by atoms with Gasteiger partial charge in [0.25, 0.3) is 0 Å². The number of phenolic OH excluding ortho intramolecular Hbond substituents is 1. The monoisotopic (exact) mass is 511 g/mol. The van der Waals surface area contributed by atoms with E-state index in [1.165, 1.54) is 24.3 Å². The second-order valence-corrected chi connectivity index (χ2v) is 7.93. The average Bonchev–Trinajstić information content (AvgIpc) is 2.76. The first-order valence-electron chi connectivity index (χ1n) is 10.6. The first-order valence-corrected chi connectivity index (χ1v) is 10.6. The first kappa shape index (κ1) is 29.8. The number of aliphatic carboxylic acids is 2. The van der Waals surface area contributed by atoms with Crippen molar-refractivity contribution in [2.75, 3.05) is 0 Å². The van der Waals surface area contributed by atoms with Crippen molar-refractivity contribution in [2.45, 2.75) is 56.5 Å². The number of carboxylic acids is 2. The molecule has 0 aliphatic carbocycles. The van der Waals surface area contributed by atoms with Crippen LogP contribution in [0.5, 0.6) is 5.75 Å². The molecule has 0 saturated heterocycles. The van der Waals surface area contributed by atoms with Crippen molar-refractivity contribution in [3.8, 4) is 5.75 Å². The third-order valence-electron chi connectivity index (χ3n) is 4.82. The maximum Gasteiger partial charge on any atom is 0.328 e. The quantitative estimate of drug-likeness (QED) is 0.118. The van der Waals surface area contributed by atoms with Crippen LogP contribution in [0.4, 0.5) is 0 Å². The van der Waals surface area contributed by atoms with Crippen molar-refractivity contribution in [1.29, 1.82) is 0 Å². The lowest BCUT2D eigenvalue weighted by Gasteiger charge is -2.25. The predicted molar refractivity (Wildman–Crippen MR) is 121 cm³/mol. The van der Waals surface area contributed by atoms with E-state index < -0.39 is 78.7 Å². The van der Waals surface area contributed by atoms with E-state index in [0.29, 0.717) is 5.56 Å². The van der Waals surface area contributed by atoms with Crippen LogP contribution in [-0.2, 0) is 35.2 Å². The minimum Gasteiger partial charge on any atom is -0.508 e. The molecule has 11 N–H and O–H groups in total. The average molecular weight is 511 g/mol. The van der Waals surface area contributed by atoms with Crippen LogP contribution < -0.4 is 27.4 Å². The first-order chi connectivity index (χ1) is 16.7. The standard InChI is InChI=1S/C21H29N5O10/c1-9(27)17(21(35)36)26-20(34)14(8-16(30)31)25-19(33)13(6-10-2-4-11(28)5-3-10)24-18(32)12(22)7-15(23)29/h2-5,9,12-14,17,27-28H,6-8,22H2,1H3,(H2,23,29)(H,24,32)(H,25,33)(H,26,34)(H,30,31)(H,35,36). The number of nitrogens with two attached hydrogens (primary N) is 2. The second-order valence-electron chi connectivity index (χ2n) is 7.93. The van der Waals surface area contributed by atoms with E-state index in [1.54, 1.807) is 0 Å². The highest BCUT2D eigenvalue weighted by Crippen LogP contribution is 2.12. The number of carbonyl (C=O) groups excluding carboxylic acids is 4. The van der Waals surface area contributed by atoms with Crippen molar-refractivity contribution in [1.82, 2.24) is 16.0 Å². The Morgan fingerprint density at radius 1 is 0.861 bits per heavy atom. The van der Waals surface area contributed by atoms with Gasteiger partial charge in [-0.3, -0.25) is 24.0 Å². The fraction of sp³-hybridized carbons (Fsp3) is 0.429. The number of rotatable bonds is 14. The highest BCUT2D eigenvalue weighted by Gasteiger charge is 2.33. The lowest BCUT2D eigenvalue weighted by molar-refractivity contribution is -0.146. The van der Waals surface area contributed by atoms with Gasteiger partial charge < -0.3 is 47.8 Å². The van der Waals surface area contributed by atoms with Crippen LogP contribution in [0.2, 0.25) is 0 Å². The molecule has 1 aromatic carbocycles. The second kappa shape index (κ2) is 13.6. The van der Waals surface area contributed by atoms with Gasteiger partial charge in [0.15, 0.2) is 6.04 Å². The van der Waals surface area contributed by atoms with Crippen LogP contribution in [0.25, 0.3) is 0 Å². The summed E-state index contributed by atoms with van der Waals surface area (Å²) >= 11 is 0. The zero-order valence-electron chi connectivity index (χ0n) is 19.2. The van der Waals surface area contributed by atoms with E-state index in [0.717, 1.165) is 6.92 Å². The number of amides is 4. The normalized spacial score (nSPS) is 14.9. The molecule has 15 heteroatoms. The molecule has 0 aliphatic heterocycles. The molecule has 0 radical (unpaired) electrons. The largest absolute Gasteiger partial charge is 0.508 e. The molecule has 5 unspecified atom stereocenters. The summed E-state index contributed by atoms with van der Waals surface area (Å²) in [6.45, 7) is 1.09. The molecule has 0 spiro atoms. The van der Waals surface area contributed by atoms with Crippen molar-refractivity contribution in [3.05, 3.63) is 29.8 Å². The number of phenols is 1. The van der Waals surface area contributed by atoms with Crippen molar-refractivity contribution >= 4 is 35.6 Å². The summed E-state index contributed by atoms with van der Waals surface area (Å²) in [5, 5.41) is 43.7. The SMILES string of the molecule is CC(O)C(NC(=O)C(CC(=O)O)NC(=O)C(Cc1ccc(O)cc1)NC(=O)C(N)CC(N)=O)C(=O)O. The Labute approximate surface area is 204 Å². The number of hydrogen-bond donors (Lipinski definition) is 9. The molecule has 0 aliphatic rings. The molecule has 15 nitrogen and oxygen atoms in total. The molecule has 5 atom stereocenters. The molecule has 198 valence electrons. The molecular formula is C21H29N5O10. The number of aliphatic hydroxyl groups is 1. The van der Waals surface area contributed by atoms with Gasteiger partial charge in [0.2, 0.25) is 23.6 Å². The van der Waals surface area contributed by atoms with Crippen LogP contribution in [0.3, 0.4) is 0 Å². The highest BCUT2D eigenvalue weighted by molar-refractivity contribution is 5.96. The van der Waals surface area contributed by atoms with E-state index in [4.69, 9.17) is 21.7 Å². The van der Waals surface area contributed by atoms with Gasteiger partial charge in [-0.2, -0.15) is 0 Å². The van der Waals surface area contributed by atoms with Gasteiger partial charge in [-0.1, -0.05) is 12.1 Å². The maximum atomic E-state index is 13.0. The third kappa shape index (κ3) is 9.94. The number of carbonyl (C=O) groups is 6. The summed E-state index contributed by atoms with van der Waals surface area (Å²) in [6, 6.07) is -0.907. The molecule has 0 saturated carbocycles. The Morgan fingerprint density at radius 2 is 1.39 bits per heavy atom. The van der Waals surface area contributed by atoms with Crippen LogP contribution in [0.1, 0.15) is 25.3 Å². The molecule has 4 amide bonds. The topological polar surface area (TPSA) is 271 Å². The number of nitrogens with one attached hydrogen (secondary N) is 3. The predicted octanol–water partition coefficient (Wildman–Crippen LogP) is -3.47. The molecule has 1 aromatic rings. The third-order valence-corrected chi connectivity index (χ3v) is 4.82. The highest BCUT2D eigenvalue weighted by atomic mass is 16.4.